The van der Waals surface area contributed by atoms with Crippen molar-refractivity contribution in [1.82, 2.24) is 0 Å². The van der Waals surface area contributed by atoms with E-state index >= 15 is 0 Å². The van der Waals surface area contributed by atoms with Gasteiger partial charge in [-0.2, -0.15) is 5.26 Å². The highest BCUT2D eigenvalue weighted by Crippen LogP contribution is 2.25. The molecule has 0 N–H and O–H groups in total. The maximum Gasteiger partial charge on any atom is 0.341 e. The predicted molar refractivity (Wildman–Crippen MR) is 58.4 cm³/mol. The Hall–Kier alpha value is -2.02. The Balaban J connectivity index is 3.29. The average Bonchev–Trinajstić information content (AvgIpc) is 2.28. The third kappa shape index (κ3) is 2.31. The van der Waals surface area contributed by atoms with Crippen LogP contribution in [0.25, 0.3) is 0 Å². The highest BCUT2D eigenvalue weighted by atomic mass is 16.5. The van der Waals surface area contributed by atoms with Crippen molar-refractivity contribution in [1.29, 1.82) is 5.26 Å². The van der Waals surface area contributed by atoms with E-state index in [2.05, 4.69) is 0 Å². The summed E-state index contributed by atoms with van der Waals surface area (Å²) < 4.78 is 10.0. The van der Waals surface area contributed by atoms with Gasteiger partial charge in [0.1, 0.15) is 11.3 Å². The Morgan fingerprint density at radius 1 is 1.50 bits per heavy atom. The lowest BCUT2D eigenvalue weighted by atomic mass is 10.1. The number of ether oxygens (including phenoxy) is 2. The molecule has 4 heteroatoms. The molecule has 0 saturated heterocycles. The number of carbonyl (C=O) groups excluding carboxylic acids is 1. The SMILES string of the molecule is CCOC(=O)c1cc(C#N)cc(C)c1OC. The van der Waals surface area contributed by atoms with Crippen LogP contribution in [-0.2, 0) is 4.74 Å². The van der Waals surface area contributed by atoms with E-state index in [1.165, 1.54) is 13.2 Å². The van der Waals surface area contributed by atoms with E-state index < -0.39 is 5.97 Å². The normalized spacial score (nSPS) is 9.38. The van der Waals surface area contributed by atoms with Crippen molar-refractivity contribution in [2.24, 2.45) is 0 Å². The molecule has 0 radical (unpaired) electrons. The lowest BCUT2D eigenvalue weighted by Crippen LogP contribution is -2.08. The largest absolute Gasteiger partial charge is 0.496 e. The summed E-state index contributed by atoms with van der Waals surface area (Å²) in [7, 11) is 1.48. The Labute approximate surface area is 94.4 Å². The summed E-state index contributed by atoms with van der Waals surface area (Å²) in [6.07, 6.45) is 0. The van der Waals surface area contributed by atoms with E-state index in [0.29, 0.717) is 16.9 Å². The first-order valence-corrected chi connectivity index (χ1v) is 4.89. The number of benzene rings is 1. The zero-order valence-electron chi connectivity index (χ0n) is 9.53. The van der Waals surface area contributed by atoms with E-state index in [0.717, 1.165) is 5.56 Å². The predicted octanol–water partition coefficient (Wildman–Crippen LogP) is 2.05. The van der Waals surface area contributed by atoms with E-state index in [4.69, 9.17) is 14.7 Å². The van der Waals surface area contributed by atoms with Gasteiger partial charge in [-0.3, -0.25) is 0 Å². The van der Waals surface area contributed by atoms with Gasteiger partial charge in [0.25, 0.3) is 0 Å². The van der Waals surface area contributed by atoms with Crippen LogP contribution in [-0.4, -0.2) is 19.7 Å². The van der Waals surface area contributed by atoms with E-state index in [-0.39, 0.29) is 6.61 Å². The molecule has 1 aromatic rings. The number of carbonyl (C=O) groups is 1. The first-order valence-electron chi connectivity index (χ1n) is 4.89. The number of hydrogen-bond acceptors (Lipinski definition) is 4. The van der Waals surface area contributed by atoms with Crippen molar-refractivity contribution < 1.29 is 14.3 Å². The van der Waals surface area contributed by atoms with Crippen LogP contribution < -0.4 is 4.74 Å². The van der Waals surface area contributed by atoms with Crippen molar-refractivity contribution in [2.45, 2.75) is 13.8 Å². The quantitative estimate of drug-likeness (QED) is 0.730. The van der Waals surface area contributed by atoms with Crippen LogP contribution in [0.15, 0.2) is 12.1 Å². The maximum atomic E-state index is 11.6. The van der Waals surface area contributed by atoms with Gasteiger partial charge >= 0.3 is 5.97 Å². The molecule has 0 saturated carbocycles. The molecule has 0 fully saturated rings. The minimum atomic E-state index is -0.473. The molecule has 0 aromatic heterocycles. The minimum absolute atomic E-state index is 0.290. The van der Waals surface area contributed by atoms with Gasteiger partial charge in [-0.05, 0) is 31.5 Å². The van der Waals surface area contributed by atoms with Crippen LogP contribution in [0, 0.1) is 18.3 Å². The van der Waals surface area contributed by atoms with Crippen LogP contribution in [0.3, 0.4) is 0 Å². The summed E-state index contributed by atoms with van der Waals surface area (Å²) in [5.74, 6) is -0.0167. The smallest absolute Gasteiger partial charge is 0.341 e. The summed E-state index contributed by atoms with van der Waals surface area (Å²) in [6, 6.07) is 5.14. The fraction of sp³-hybridized carbons (Fsp3) is 0.333. The molecule has 0 atom stereocenters. The number of nitrogens with zero attached hydrogens (tertiary/aromatic N) is 1. The Bertz CT molecular complexity index is 446. The van der Waals surface area contributed by atoms with Gasteiger partial charge < -0.3 is 9.47 Å². The summed E-state index contributed by atoms with van der Waals surface area (Å²) in [4.78, 5) is 11.6. The highest BCUT2D eigenvalue weighted by molar-refractivity contribution is 5.93. The van der Waals surface area contributed by atoms with Gasteiger partial charge in [-0.25, -0.2) is 4.79 Å². The summed E-state index contributed by atoms with van der Waals surface area (Å²) in [5, 5.41) is 8.82. The van der Waals surface area contributed by atoms with Crippen LogP contribution in [0.4, 0.5) is 0 Å². The molecule has 4 nitrogen and oxygen atoms in total. The Morgan fingerprint density at radius 2 is 2.19 bits per heavy atom. The zero-order valence-corrected chi connectivity index (χ0v) is 9.53. The molecule has 0 unspecified atom stereocenters. The third-order valence-corrected chi connectivity index (χ3v) is 2.10. The molecule has 0 aliphatic rings. The van der Waals surface area contributed by atoms with Gasteiger partial charge in [0.2, 0.25) is 0 Å². The lowest BCUT2D eigenvalue weighted by molar-refractivity contribution is 0.0522. The molecule has 0 spiro atoms. The number of esters is 1. The Morgan fingerprint density at radius 3 is 2.69 bits per heavy atom. The second-order valence-corrected chi connectivity index (χ2v) is 3.21. The number of aryl methyl sites for hydroxylation is 1. The summed E-state index contributed by atoms with van der Waals surface area (Å²) >= 11 is 0. The monoisotopic (exact) mass is 219 g/mol. The molecule has 0 bridgehead atoms. The van der Waals surface area contributed by atoms with Crippen LogP contribution in [0.1, 0.15) is 28.4 Å². The third-order valence-electron chi connectivity index (χ3n) is 2.10. The van der Waals surface area contributed by atoms with Gasteiger partial charge in [-0.1, -0.05) is 0 Å². The molecule has 1 aromatic carbocycles. The molecule has 0 heterocycles. The molecule has 0 amide bonds. The van der Waals surface area contributed by atoms with Crippen molar-refractivity contribution in [2.75, 3.05) is 13.7 Å². The number of rotatable bonds is 3. The molecular weight excluding hydrogens is 206 g/mol. The highest BCUT2D eigenvalue weighted by Gasteiger charge is 2.16. The second-order valence-electron chi connectivity index (χ2n) is 3.21. The summed E-state index contributed by atoms with van der Waals surface area (Å²) in [6.45, 7) is 3.80. The number of nitriles is 1. The molecule has 84 valence electrons. The molecule has 0 aliphatic carbocycles. The topological polar surface area (TPSA) is 59.3 Å². The van der Waals surface area contributed by atoms with Crippen LogP contribution >= 0.6 is 0 Å². The molecule has 16 heavy (non-hydrogen) atoms. The van der Waals surface area contributed by atoms with Gasteiger partial charge in [0, 0.05) is 0 Å². The van der Waals surface area contributed by atoms with Crippen LogP contribution in [0.5, 0.6) is 5.75 Å². The van der Waals surface area contributed by atoms with E-state index in [1.54, 1.807) is 19.9 Å². The molecule has 1 rings (SSSR count). The molecule has 0 aliphatic heterocycles. The zero-order chi connectivity index (χ0) is 12.1. The number of hydrogen-bond donors (Lipinski definition) is 0. The van der Waals surface area contributed by atoms with Gasteiger partial charge in [0.05, 0.1) is 25.3 Å². The van der Waals surface area contributed by atoms with Crippen molar-refractivity contribution >= 4 is 5.97 Å². The maximum absolute atomic E-state index is 11.6. The van der Waals surface area contributed by atoms with Crippen molar-refractivity contribution in [3.63, 3.8) is 0 Å². The average molecular weight is 219 g/mol. The van der Waals surface area contributed by atoms with Crippen molar-refractivity contribution in [3.05, 3.63) is 28.8 Å². The van der Waals surface area contributed by atoms with Crippen molar-refractivity contribution in [3.8, 4) is 11.8 Å². The fourth-order valence-corrected chi connectivity index (χ4v) is 1.47. The lowest BCUT2D eigenvalue weighted by Gasteiger charge is -2.10. The first-order chi connectivity index (χ1) is 7.63. The van der Waals surface area contributed by atoms with Gasteiger partial charge in [-0.15, -0.1) is 0 Å². The number of methoxy groups -OCH3 is 1. The standard InChI is InChI=1S/C12H13NO3/c1-4-16-12(14)10-6-9(7-13)5-8(2)11(10)15-3/h5-6H,4H2,1-3H3. The van der Waals surface area contributed by atoms with Crippen LogP contribution in [0.2, 0.25) is 0 Å². The Kier molecular flexibility index (Phi) is 3.90. The van der Waals surface area contributed by atoms with E-state index in [1.807, 2.05) is 6.07 Å². The minimum Gasteiger partial charge on any atom is -0.496 e. The van der Waals surface area contributed by atoms with E-state index in [9.17, 15) is 4.79 Å². The van der Waals surface area contributed by atoms with Gasteiger partial charge in [0.15, 0.2) is 0 Å². The summed E-state index contributed by atoms with van der Waals surface area (Å²) in [5.41, 5.74) is 1.45. The molecular formula is C12H13NO3. The fourth-order valence-electron chi connectivity index (χ4n) is 1.47. The second kappa shape index (κ2) is 5.17. The first kappa shape index (κ1) is 12.1.